The van der Waals surface area contributed by atoms with E-state index in [0.29, 0.717) is 6.04 Å². The van der Waals surface area contributed by atoms with Crippen LogP contribution in [-0.4, -0.2) is 48.5 Å². The van der Waals surface area contributed by atoms with Crippen molar-refractivity contribution < 1.29 is 9.53 Å². The zero-order chi connectivity index (χ0) is 17.9. The van der Waals surface area contributed by atoms with E-state index < -0.39 is 0 Å². The number of ether oxygens (including phenoxy) is 1. The van der Waals surface area contributed by atoms with E-state index in [1.54, 1.807) is 7.11 Å². The minimum atomic E-state index is 0.181. The zero-order valence-corrected chi connectivity index (χ0v) is 15.4. The largest absolute Gasteiger partial charge is 0.497 e. The average Bonchev–Trinajstić information content (AvgIpc) is 2.69. The van der Waals surface area contributed by atoms with Gasteiger partial charge in [-0.25, -0.2) is 0 Å². The molecule has 136 valence electrons. The van der Waals surface area contributed by atoms with Crippen molar-refractivity contribution in [3.8, 4) is 5.75 Å². The molecule has 0 aliphatic carbocycles. The summed E-state index contributed by atoms with van der Waals surface area (Å²) in [6.07, 6.45) is 3.16. The Morgan fingerprint density at radius 1 is 1.12 bits per heavy atom. The molecule has 1 saturated heterocycles. The maximum Gasteiger partial charge on any atom is 0.254 e. The number of nitrogens with zero attached hydrogens (tertiary/aromatic N) is 2. The van der Waals surface area contributed by atoms with E-state index in [1.165, 1.54) is 5.56 Å². The summed E-state index contributed by atoms with van der Waals surface area (Å²) in [5.41, 5.74) is 3.30. The number of amides is 1. The molecule has 1 unspecified atom stereocenters. The fourth-order valence-corrected chi connectivity index (χ4v) is 4.23. The number of fused-ring (bicyclic) bond motifs is 1. The molecule has 0 spiro atoms. The van der Waals surface area contributed by atoms with Crippen molar-refractivity contribution in [2.45, 2.75) is 31.8 Å². The van der Waals surface area contributed by atoms with Crippen LogP contribution in [-0.2, 0) is 13.0 Å². The average molecular weight is 350 g/mol. The summed E-state index contributed by atoms with van der Waals surface area (Å²) in [6.45, 7) is 3.85. The highest BCUT2D eigenvalue weighted by molar-refractivity contribution is 5.97. The number of methoxy groups -OCH3 is 1. The summed E-state index contributed by atoms with van der Waals surface area (Å²) < 4.78 is 5.30. The molecule has 4 heteroatoms. The molecule has 2 aliphatic heterocycles. The van der Waals surface area contributed by atoms with Gasteiger partial charge in [-0.15, -0.1) is 0 Å². The highest BCUT2D eigenvalue weighted by atomic mass is 16.5. The van der Waals surface area contributed by atoms with Crippen LogP contribution in [0.1, 0.15) is 34.3 Å². The molecular weight excluding hydrogens is 324 g/mol. The van der Waals surface area contributed by atoms with Crippen molar-refractivity contribution in [2.24, 2.45) is 0 Å². The Hall–Kier alpha value is -2.33. The van der Waals surface area contributed by atoms with Gasteiger partial charge in [-0.2, -0.15) is 0 Å². The fraction of sp³-hybridized carbons (Fsp3) is 0.409. The number of hydrogen-bond acceptors (Lipinski definition) is 3. The first-order valence-electron chi connectivity index (χ1n) is 9.49. The second-order valence-corrected chi connectivity index (χ2v) is 7.29. The van der Waals surface area contributed by atoms with E-state index in [0.717, 1.165) is 62.3 Å². The molecule has 26 heavy (non-hydrogen) atoms. The molecule has 0 bridgehead atoms. The first-order valence-corrected chi connectivity index (χ1v) is 9.49. The van der Waals surface area contributed by atoms with Gasteiger partial charge in [0.25, 0.3) is 5.91 Å². The summed E-state index contributed by atoms with van der Waals surface area (Å²) in [4.78, 5) is 17.6. The van der Waals surface area contributed by atoms with Gasteiger partial charge in [0.15, 0.2) is 0 Å². The molecule has 0 saturated carbocycles. The van der Waals surface area contributed by atoms with Crippen molar-refractivity contribution in [3.05, 3.63) is 65.2 Å². The van der Waals surface area contributed by atoms with Gasteiger partial charge in [0.2, 0.25) is 0 Å². The van der Waals surface area contributed by atoms with Crippen LogP contribution < -0.4 is 4.74 Å². The van der Waals surface area contributed by atoms with E-state index >= 15 is 0 Å². The first-order chi connectivity index (χ1) is 12.7. The molecule has 0 radical (unpaired) electrons. The number of hydrogen-bond donors (Lipinski definition) is 0. The summed E-state index contributed by atoms with van der Waals surface area (Å²) >= 11 is 0. The van der Waals surface area contributed by atoms with Gasteiger partial charge < -0.3 is 9.64 Å². The third kappa shape index (κ3) is 3.47. The lowest BCUT2D eigenvalue weighted by Gasteiger charge is -2.41. The molecule has 1 amide bonds. The quantitative estimate of drug-likeness (QED) is 0.848. The Morgan fingerprint density at radius 3 is 2.77 bits per heavy atom. The number of carbonyl (C=O) groups excluding carboxylic acids is 1. The van der Waals surface area contributed by atoms with Gasteiger partial charge in [-0.3, -0.25) is 9.69 Å². The minimum absolute atomic E-state index is 0.181. The molecular formula is C22H26N2O2. The SMILES string of the molecule is COc1ccc2c(c1)CCN(C1CCCN(Cc3ccccc3)C1)C2=O. The molecule has 0 aromatic heterocycles. The number of rotatable bonds is 4. The lowest BCUT2D eigenvalue weighted by atomic mass is 9.95. The smallest absolute Gasteiger partial charge is 0.254 e. The Balaban J connectivity index is 1.46. The Kier molecular flexibility index (Phi) is 4.93. The topological polar surface area (TPSA) is 32.8 Å². The lowest BCUT2D eigenvalue weighted by Crippen LogP contribution is -2.52. The molecule has 1 fully saturated rings. The molecule has 4 rings (SSSR count). The molecule has 1 atom stereocenters. The summed E-state index contributed by atoms with van der Waals surface area (Å²) in [5.74, 6) is 1.01. The second-order valence-electron chi connectivity index (χ2n) is 7.29. The number of piperidine rings is 1. The first kappa shape index (κ1) is 17.1. The van der Waals surface area contributed by atoms with Crippen LogP contribution in [0.5, 0.6) is 5.75 Å². The zero-order valence-electron chi connectivity index (χ0n) is 15.4. The maximum atomic E-state index is 13.0. The maximum absolute atomic E-state index is 13.0. The second kappa shape index (κ2) is 7.50. The Morgan fingerprint density at radius 2 is 1.96 bits per heavy atom. The predicted octanol–water partition coefficient (Wildman–Crippen LogP) is 3.36. The number of benzene rings is 2. The lowest BCUT2D eigenvalue weighted by molar-refractivity contribution is 0.0515. The highest BCUT2D eigenvalue weighted by Crippen LogP contribution is 2.27. The predicted molar refractivity (Wildman–Crippen MR) is 102 cm³/mol. The highest BCUT2D eigenvalue weighted by Gasteiger charge is 2.32. The minimum Gasteiger partial charge on any atom is -0.497 e. The van der Waals surface area contributed by atoms with Crippen LogP contribution in [0.15, 0.2) is 48.5 Å². The van der Waals surface area contributed by atoms with Crippen LogP contribution in [0.2, 0.25) is 0 Å². The molecule has 4 nitrogen and oxygen atoms in total. The number of likely N-dealkylation sites (tertiary alicyclic amines) is 1. The third-order valence-electron chi connectivity index (χ3n) is 5.60. The van der Waals surface area contributed by atoms with Gasteiger partial charge in [-0.1, -0.05) is 30.3 Å². The van der Waals surface area contributed by atoms with Crippen LogP contribution in [0, 0.1) is 0 Å². The fourth-order valence-electron chi connectivity index (χ4n) is 4.23. The molecule has 2 heterocycles. The standard InChI is InChI=1S/C22H26N2O2/c1-26-20-9-10-21-18(14-20)11-13-24(22(21)25)19-8-5-12-23(16-19)15-17-6-3-2-4-7-17/h2-4,6-7,9-10,14,19H,5,8,11-13,15-16H2,1H3. The van der Waals surface area contributed by atoms with Crippen molar-refractivity contribution in [1.82, 2.24) is 9.80 Å². The van der Waals surface area contributed by atoms with Crippen LogP contribution in [0.3, 0.4) is 0 Å². The monoisotopic (exact) mass is 350 g/mol. The summed E-state index contributed by atoms with van der Waals surface area (Å²) in [7, 11) is 1.67. The summed E-state index contributed by atoms with van der Waals surface area (Å²) in [5, 5.41) is 0. The van der Waals surface area contributed by atoms with Crippen LogP contribution in [0.4, 0.5) is 0 Å². The van der Waals surface area contributed by atoms with Gasteiger partial charge in [0.1, 0.15) is 5.75 Å². The van der Waals surface area contributed by atoms with Gasteiger partial charge in [0.05, 0.1) is 7.11 Å². The van der Waals surface area contributed by atoms with Crippen molar-refractivity contribution in [3.63, 3.8) is 0 Å². The molecule has 2 aromatic rings. The van der Waals surface area contributed by atoms with E-state index in [9.17, 15) is 4.79 Å². The Bertz CT molecular complexity index is 775. The molecule has 2 aromatic carbocycles. The number of carbonyl (C=O) groups is 1. The Labute approximate surface area is 155 Å². The third-order valence-corrected chi connectivity index (χ3v) is 5.60. The summed E-state index contributed by atoms with van der Waals surface area (Å²) in [6, 6.07) is 16.7. The normalized spacial score (nSPS) is 20.7. The van der Waals surface area contributed by atoms with Crippen molar-refractivity contribution >= 4 is 5.91 Å². The van der Waals surface area contributed by atoms with Gasteiger partial charge >= 0.3 is 0 Å². The van der Waals surface area contributed by atoms with Gasteiger partial charge in [0, 0.05) is 31.2 Å². The van der Waals surface area contributed by atoms with Crippen molar-refractivity contribution in [1.29, 1.82) is 0 Å². The van der Waals surface area contributed by atoms with Gasteiger partial charge in [-0.05, 0) is 55.1 Å². The van der Waals surface area contributed by atoms with E-state index in [2.05, 4.69) is 40.1 Å². The molecule has 0 N–H and O–H groups in total. The van der Waals surface area contributed by atoms with Crippen LogP contribution >= 0.6 is 0 Å². The van der Waals surface area contributed by atoms with Crippen molar-refractivity contribution in [2.75, 3.05) is 26.7 Å². The molecule has 2 aliphatic rings. The van der Waals surface area contributed by atoms with E-state index in [1.807, 2.05) is 18.2 Å². The van der Waals surface area contributed by atoms with Crippen LogP contribution in [0.25, 0.3) is 0 Å². The van der Waals surface area contributed by atoms with E-state index in [4.69, 9.17) is 4.74 Å². The van der Waals surface area contributed by atoms with E-state index in [-0.39, 0.29) is 5.91 Å².